The van der Waals surface area contributed by atoms with E-state index in [1.165, 1.54) is 31.0 Å². The van der Waals surface area contributed by atoms with Crippen molar-refractivity contribution in [2.75, 3.05) is 11.9 Å². The molecule has 0 radical (unpaired) electrons. The van der Waals surface area contributed by atoms with Crippen LogP contribution in [0.3, 0.4) is 0 Å². The third-order valence-electron chi connectivity index (χ3n) is 3.05. The van der Waals surface area contributed by atoms with Gasteiger partial charge in [-0.05, 0) is 24.5 Å². The summed E-state index contributed by atoms with van der Waals surface area (Å²) < 4.78 is 0. The Morgan fingerprint density at radius 2 is 2.05 bits per heavy atom. The van der Waals surface area contributed by atoms with Crippen LogP contribution in [-0.4, -0.2) is 28.8 Å². The Bertz CT molecular complexity index is 497. The Kier molecular flexibility index (Phi) is 3.89. The van der Waals surface area contributed by atoms with Gasteiger partial charge in [-0.25, -0.2) is 9.59 Å². The number of benzene rings is 1. The van der Waals surface area contributed by atoms with Gasteiger partial charge in [-0.1, -0.05) is 18.9 Å². The van der Waals surface area contributed by atoms with E-state index in [2.05, 4.69) is 10.6 Å². The number of nitrogens with one attached hydrogen (secondary N) is 2. The minimum atomic E-state index is -1.24. The van der Waals surface area contributed by atoms with Crippen LogP contribution >= 0.6 is 0 Å². The number of carboxylic acids is 1. The number of anilines is 1. The number of carbonyl (C=O) groups excluding carboxylic acids is 1. The van der Waals surface area contributed by atoms with Crippen molar-refractivity contribution in [1.29, 1.82) is 0 Å². The Balaban J connectivity index is 1.91. The molecule has 1 aromatic carbocycles. The lowest BCUT2D eigenvalue weighted by Crippen LogP contribution is -2.29. The second-order valence-corrected chi connectivity index (χ2v) is 4.62. The summed E-state index contributed by atoms with van der Waals surface area (Å²) in [6, 6.07) is 3.73. The monoisotopic (exact) mass is 264 g/mol. The fraction of sp³-hybridized carbons (Fsp3) is 0.385. The lowest BCUT2D eigenvalue weighted by Gasteiger charge is -2.10. The number of para-hydroxylation sites is 1. The first-order chi connectivity index (χ1) is 9.08. The molecule has 19 heavy (non-hydrogen) atoms. The fourth-order valence-electron chi connectivity index (χ4n) is 1.78. The summed E-state index contributed by atoms with van der Waals surface area (Å²) in [5, 5.41) is 23.7. The molecule has 0 spiro atoms. The van der Waals surface area contributed by atoms with E-state index in [9.17, 15) is 14.7 Å². The maximum absolute atomic E-state index is 11.6. The third kappa shape index (κ3) is 3.61. The number of urea groups is 1. The molecule has 2 rings (SSSR count). The van der Waals surface area contributed by atoms with E-state index in [-0.39, 0.29) is 11.3 Å². The molecule has 1 aliphatic carbocycles. The van der Waals surface area contributed by atoms with Gasteiger partial charge in [0.15, 0.2) is 5.75 Å². The van der Waals surface area contributed by atoms with Gasteiger partial charge < -0.3 is 20.8 Å². The van der Waals surface area contributed by atoms with Gasteiger partial charge in [-0.15, -0.1) is 0 Å². The number of phenols is 1. The topological polar surface area (TPSA) is 98.7 Å². The van der Waals surface area contributed by atoms with E-state index < -0.39 is 17.7 Å². The molecule has 1 fully saturated rings. The number of hydrogen-bond donors (Lipinski definition) is 4. The summed E-state index contributed by atoms with van der Waals surface area (Å²) in [5.74, 6) is -0.952. The molecular weight excluding hydrogens is 248 g/mol. The molecule has 6 heteroatoms. The minimum Gasteiger partial charge on any atom is -0.505 e. The van der Waals surface area contributed by atoms with Gasteiger partial charge in [0.1, 0.15) is 5.56 Å². The van der Waals surface area contributed by atoms with E-state index in [0.29, 0.717) is 6.54 Å². The van der Waals surface area contributed by atoms with Crippen molar-refractivity contribution in [2.24, 2.45) is 5.92 Å². The van der Waals surface area contributed by atoms with Crippen molar-refractivity contribution < 1.29 is 19.8 Å². The van der Waals surface area contributed by atoms with Gasteiger partial charge >= 0.3 is 12.0 Å². The molecular formula is C13H16N2O4. The molecule has 0 heterocycles. The van der Waals surface area contributed by atoms with Gasteiger partial charge in [0.2, 0.25) is 0 Å². The van der Waals surface area contributed by atoms with Crippen molar-refractivity contribution in [2.45, 2.75) is 19.3 Å². The molecule has 102 valence electrons. The molecule has 1 aromatic rings. The molecule has 4 N–H and O–H groups in total. The normalized spacial score (nSPS) is 13.9. The van der Waals surface area contributed by atoms with Crippen molar-refractivity contribution >= 4 is 17.7 Å². The number of rotatable bonds is 5. The predicted molar refractivity (Wildman–Crippen MR) is 69.4 cm³/mol. The van der Waals surface area contributed by atoms with Crippen LogP contribution in [0.4, 0.5) is 10.5 Å². The fourth-order valence-corrected chi connectivity index (χ4v) is 1.78. The van der Waals surface area contributed by atoms with Crippen molar-refractivity contribution in [3.05, 3.63) is 23.8 Å². The summed E-state index contributed by atoms with van der Waals surface area (Å²) in [7, 11) is 0. The smallest absolute Gasteiger partial charge is 0.339 e. The van der Waals surface area contributed by atoms with Crippen LogP contribution < -0.4 is 10.6 Å². The van der Waals surface area contributed by atoms with Crippen LogP contribution in [0.5, 0.6) is 5.75 Å². The standard InChI is InChI=1S/C13H16N2O4/c16-11-9(12(17)18)2-1-3-10(11)15-13(19)14-7-6-8-4-5-8/h1-3,8,16H,4-7H2,(H,17,18)(H2,14,15,19). The van der Waals surface area contributed by atoms with Crippen LogP contribution in [0.1, 0.15) is 29.6 Å². The zero-order valence-electron chi connectivity index (χ0n) is 10.3. The van der Waals surface area contributed by atoms with Crippen molar-refractivity contribution in [1.82, 2.24) is 5.32 Å². The van der Waals surface area contributed by atoms with E-state index in [1.54, 1.807) is 0 Å². The number of aromatic carboxylic acids is 1. The second-order valence-electron chi connectivity index (χ2n) is 4.62. The van der Waals surface area contributed by atoms with Crippen LogP contribution in [0.25, 0.3) is 0 Å². The maximum atomic E-state index is 11.6. The lowest BCUT2D eigenvalue weighted by molar-refractivity contribution is 0.0694. The highest BCUT2D eigenvalue weighted by Gasteiger charge is 2.20. The first kappa shape index (κ1) is 13.2. The van der Waals surface area contributed by atoms with Crippen LogP contribution in [0.2, 0.25) is 0 Å². The predicted octanol–water partition coefficient (Wildman–Crippen LogP) is 2.01. The first-order valence-electron chi connectivity index (χ1n) is 6.18. The zero-order chi connectivity index (χ0) is 13.8. The molecule has 0 unspecified atom stereocenters. The Labute approximate surface area is 110 Å². The van der Waals surface area contributed by atoms with Crippen LogP contribution in [-0.2, 0) is 0 Å². The van der Waals surface area contributed by atoms with E-state index >= 15 is 0 Å². The highest BCUT2D eigenvalue weighted by atomic mass is 16.4. The summed E-state index contributed by atoms with van der Waals surface area (Å²) in [6.45, 7) is 0.579. The number of amides is 2. The third-order valence-corrected chi connectivity index (χ3v) is 3.05. The average Bonchev–Trinajstić information content (AvgIpc) is 3.15. The Morgan fingerprint density at radius 1 is 1.32 bits per heavy atom. The highest BCUT2D eigenvalue weighted by Crippen LogP contribution is 2.31. The molecule has 0 atom stereocenters. The van der Waals surface area contributed by atoms with E-state index in [0.717, 1.165) is 12.3 Å². The molecule has 1 aliphatic rings. The quantitative estimate of drug-likeness (QED) is 0.611. The second kappa shape index (κ2) is 5.60. The van der Waals surface area contributed by atoms with Crippen LogP contribution in [0, 0.1) is 5.92 Å². The minimum absolute atomic E-state index is 0.0869. The average molecular weight is 264 g/mol. The van der Waals surface area contributed by atoms with Crippen molar-refractivity contribution in [3.8, 4) is 5.75 Å². The van der Waals surface area contributed by atoms with Gasteiger partial charge in [0, 0.05) is 6.54 Å². The number of carboxylic acid groups (broad SMARTS) is 1. The zero-order valence-corrected chi connectivity index (χ0v) is 10.3. The Morgan fingerprint density at radius 3 is 2.68 bits per heavy atom. The molecule has 0 aliphatic heterocycles. The summed E-state index contributed by atoms with van der Waals surface area (Å²) in [6.07, 6.45) is 3.41. The summed E-state index contributed by atoms with van der Waals surface area (Å²) in [4.78, 5) is 22.4. The number of carbonyl (C=O) groups is 2. The van der Waals surface area contributed by atoms with Crippen LogP contribution in [0.15, 0.2) is 18.2 Å². The van der Waals surface area contributed by atoms with E-state index in [1.807, 2.05) is 0 Å². The molecule has 2 amide bonds. The number of hydrogen-bond acceptors (Lipinski definition) is 3. The van der Waals surface area contributed by atoms with Gasteiger partial charge in [0.05, 0.1) is 5.69 Å². The SMILES string of the molecule is O=C(NCCC1CC1)Nc1cccc(C(=O)O)c1O. The molecule has 0 saturated heterocycles. The highest BCUT2D eigenvalue weighted by molar-refractivity contribution is 5.97. The molecule has 6 nitrogen and oxygen atoms in total. The maximum Gasteiger partial charge on any atom is 0.339 e. The summed E-state index contributed by atoms with van der Waals surface area (Å²) in [5.41, 5.74) is -0.153. The molecule has 0 bridgehead atoms. The lowest BCUT2D eigenvalue weighted by atomic mass is 10.1. The molecule has 1 saturated carbocycles. The Hall–Kier alpha value is -2.24. The summed E-state index contributed by atoms with van der Waals surface area (Å²) >= 11 is 0. The first-order valence-corrected chi connectivity index (χ1v) is 6.18. The molecule has 0 aromatic heterocycles. The number of aromatic hydroxyl groups is 1. The van der Waals surface area contributed by atoms with Gasteiger partial charge in [-0.3, -0.25) is 0 Å². The van der Waals surface area contributed by atoms with Crippen molar-refractivity contribution in [3.63, 3.8) is 0 Å². The largest absolute Gasteiger partial charge is 0.505 e. The van der Waals surface area contributed by atoms with Gasteiger partial charge in [-0.2, -0.15) is 0 Å². The van der Waals surface area contributed by atoms with E-state index in [4.69, 9.17) is 5.11 Å². The van der Waals surface area contributed by atoms with Gasteiger partial charge in [0.25, 0.3) is 0 Å².